The number of fused-ring (bicyclic) bond motifs is 1. The molecule has 2 nitrogen and oxygen atoms in total. The van der Waals surface area contributed by atoms with Crippen molar-refractivity contribution >= 4 is 0 Å². The van der Waals surface area contributed by atoms with E-state index >= 15 is 0 Å². The van der Waals surface area contributed by atoms with Gasteiger partial charge in [0.2, 0.25) is 0 Å². The average Bonchev–Trinajstić information content (AvgIpc) is 2.60. The topological polar surface area (TPSA) is 25.8 Å². The monoisotopic (exact) mass is 204 g/mol. The summed E-state index contributed by atoms with van der Waals surface area (Å²) in [5.41, 5.74) is 4.03. The third kappa shape index (κ3) is 1.77. The van der Waals surface area contributed by atoms with Crippen LogP contribution in [0.15, 0.2) is 6.33 Å². The molecule has 0 bridgehead atoms. The smallest absolute Gasteiger partial charge is 0.115 e. The highest BCUT2D eigenvalue weighted by atomic mass is 14.9. The second-order valence-electron chi connectivity index (χ2n) is 5.16. The molecule has 0 unspecified atom stereocenters. The highest BCUT2D eigenvalue weighted by Gasteiger charge is 2.29. The van der Waals surface area contributed by atoms with Crippen molar-refractivity contribution in [3.8, 4) is 0 Å². The van der Waals surface area contributed by atoms with Crippen LogP contribution in [0, 0.1) is 5.92 Å². The van der Waals surface area contributed by atoms with Crippen molar-refractivity contribution < 1.29 is 0 Å². The molecule has 1 atom stereocenters. The van der Waals surface area contributed by atoms with Crippen LogP contribution in [0.3, 0.4) is 0 Å². The zero-order valence-electron chi connectivity index (χ0n) is 10.1. The summed E-state index contributed by atoms with van der Waals surface area (Å²) in [6, 6.07) is 0. The maximum absolute atomic E-state index is 4.47. The molecular weight excluding hydrogens is 184 g/mol. The van der Waals surface area contributed by atoms with Gasteiger partial charge in [-0.3, -0.25) is 0 Å². The maximum Gasteiger partial charge on any atom is 0.115 e. The van der Waals surface area contributed by atoms with Gasteiger partial charge < -0.3 is 0 Å². The van der Waals surface area contributed by atoms with E-state index in [1.165, 1.54) is 23.4 Å². The fourth-order valence-corrected chi connectivity index (χ4v) is 2.61. The fraction of sp³-hybridized carbons (Fsp3) is 0.692. The van der Waals surface area contributed by atoms with Crippen LogP contribution in [0.5, 0.6) is 0 Å². The summed E-state index contributed by atoms with van der Waals surface area (Å²) >= 11 is 0. The van der Waals surface area contributed by atoms with Crippen LogP contribution in [0.4, 0.5) is 0 Å². The highest BCUT2D eigenvalue weighted by Crippen LogP contribution is 2.40. The third-order valence-electron chi connectivity index (χ3n) is 3.41. The molecular formula is C13H20N2. The summed E-state index contributed by atoms with van der Waals surface area (Å²) in [6.07, 6.45) is 4.13. The average molecular weight is 204 g/mol. The minimum atomic E-state index is 0.515. The van der Waals surface area contributed by atoms with Crippen LogP contribution in [0.2, 0.25) is 0 Å². The van der Waals surface area contributed by atoms with Crippen LogP contribution < -0.4 is 0 Å². The lowest BCUT2D eigenvalue weighted by Crippen LogP contribution is -2.09. The summed E-state index contributed by atoms with van der Waals surface area (Å²) < 4.78 is 0. The Morgan fingerprint density at radius 1 is 1.20 bits per heavy atom. The molecule has 1 aromatic heterocycles. The van der Waals surface area contributed by atoms with Gasteiger partial charge in [-0.1, -0.05) is 27.7 Å². The zero-order chi connectivity index (χ0) is 11.0. The van der Waals surface area contributed by atoms with E-state index in [1.54, 1.807) is 6.33 Å². The van der Waals surface area contributed by atoms with Gasteiger partial charge in [-0.05, 0) is 36.2 Å². The Morgan fingerprint density at radius 2 is 1.93 bits per heavy atom. The van der Waals surface area contributed by atoms with Crippen molar-refractivity contribution in [2.75, 3.05) is 0 Å². The first kappa shape index (κ1) is 10.6. The van der Waals surface area contributed by atoms with Crippen LogP contribution in [0.1, 0.15) is 62.9 Å². The number of hydrogen-bond acceptors (Lipinski definition) is 2. The maximum atomic E-state index is 4.47. The molecule has 0 radical (unpaired) electrons. The van der Waals surface area contributed by atoms with Gasteiger partial charge in [0.25, 0.3) is 0 Å². The summed E-state index contributed by atoms with van der Waals surface area (Å²) in [6.45, 7) is 9.05. The lowest BCUT2D eigenvalue weighted by Gasteiger charge is -2.19. The molecule has 0 spiro atoms. The zero-order valence-corrected chi connectivity index (χ0v) is 10.1. The minimum Gasteiger partial charge on any atom is -0.241 e. The first-order valence-electron chi connectivity index (χ1n) is 5.95. The molecule has 0 aromatic carbocycles. The van der Waals surface area contributed by atoms with Crippen LogP contribution in [-0.2, 0) is 6.42 Å². The molecule has 0 saturated heterocycles. The lowest BCUT2D eigenvalue weighted by atomic mass is 9.87. The first-order chi connectivity index (χ1) is 7.11. The van der Waals surface area contributed by atoms with E-state index < -0.39 is 0 Å². The molecule has 1 aliphatic rings. The molecule has 15 heavy (non-hydrogen) atoms. The van der Waals surface area contributed by atoms with E-state index in [1.807, 2.05) is 0 Å². The van der Waals surface area contributed by atoms with Crippen molar-refractivity contribution in [1.29, 1.82) is 0 Å². The Bertz CT molecular complexity index is 356. The molecule has 1 aromatic rings. The molecule has 0 aliphatic heterocycles. The Labute approximate surface area is 92.1 Å². The number of nitrogens with zero attached hydrogens (tertiary/aromatic N) is 2. The molecule has 2 heteroatoms. The molecule has 0 N–H and O–H groups in total. The van der Waals surface area contributed by atoms with E-state index in [-0.39, 0.29) is 0 Å². The number of rotatable bonds is 2. The lowest BCUT2D eigenvalue weighted by molar-refractivity contribution is 0.490. The predicted molar refractivity (Wildman–Crippen MR) is 62.0 cm³/mol. The second kappa shape index (κ2) is 3.92. The van der Waals surface area contributed by atoms with E-state index in [2.05, 4.69) is 37.7 Å². The molecule has 2 rings (SSSR count). The van der Waals surface area contributed by atoms with Gasteiger partial charge in [0.1, 0.15) is 6.33 Å². The number of hydrogen-bond donors (Lipinski definition) is 0. The van der Waals surface area contributed by atoms with E-state index in [0.717, 1.165) is 6.42 Å². The van der Waals surface area contributed by atoms with E-state index in [4.69, 9.17) is 0 Å². The van der Waals surface area contributed by atoms with Crippen LogP contribution in [-0.4, -0.2) is 9.97 Å². The van der Waals surface area contributed by atoms with Crippen LogP contribution in [0.25, 0.3) is 0 Å². The molecule has 0 fully saturated rings. The Morgan fingerprint density at radius 3 is 2.53 bits per heavy atom. The van der Waals surface area contributed by atoms with E-state index in [9.17, 15) is 0 Å². The molecule has 82 valence electrons. The summed E-state index contributed by atoms with van der Waals surface area (Å²) in [4.78, 5) is 8.90. The quantitative estimate of drug-likeness (QED) is 0.738. The number of aryl methyl sites for hydroxylation is 1. The highest BCUT2D eigenvalue weighted by molar-refractivity contribution is 5.35. The third-order valence-corrected chi connectivity index (χ3v) is 3.41. The van der Waals surface area contributed by atoms with E-state index in [0.29, 0.717) is 17.8 Å². The van der Waals surface area contributed by atoms with Gasteiger partial charge in [0.05, 0.1) is 5.69 Å². The Hall–Kier alpha value is -0.920. The van der Waals surface area contributed by atoms with Crippen molar-refractivity contribution in [2.24, 2.45) is 5.92 Å². The van der Waals surface area contributed by atoms with Crippen molar-refractivity contribution in [2.45, 2.75) is 52.4 Å². The van der Waals surface area contributed by atoms with Crippen LogP contribution >= 0.6 is 0 Å². The second-order valence-corrected chi connectivity index (χ2v) is 5.16. The normalized spacial score (nSPS) is 20.0. The van der Waals surface area contributed by atoms with Gasteiger partial charge in [-0.2, -0.15) is 0 Å². The minimum absolute atomic E-state index is 0.515. The molecule has 1 heterocycles. The summed E-state index contributed by atoms with van der Waals surface area (Å²) in [5.74, 6) is 1.90. The van der Waals surface area contributed by atoms with Gasteiger partial charge in [0, 0.05) is 5.69 Å². The SMILES string of the molecule is CC(C)c1ncnc2c1[C@H](C(C)C)CC2. The summed E-state index contributed by atoms with van der Waals surface area (Å²) in [7, 11) is 0. The molecule has 0 saturated carbocycles. The standard InChI is InChI=1S/C13H20N2/c1-8(2)10-5-6-11-12(10)13(9(3)4)15-7-14-11/h7-10H,5-6H2,1-4H3/t10-/m0/s1. The Kier molecular flexibility index (Phi) is 2.76. The van der Waals surface area contributed by atoms with Gasteiger partial charge in [-0.15, -0.1) is 0 Å². The summed E-state index contributed by atoms with van der Waals surface area (Å²) in [5, 5.41) is 0. The number of aromatic nitrogens is 2. The van der Waals surface area contributed by atoms with Gasteiger partial charge >= 0.3 is 0 Å². The van der Waals surface area contributed by atoms with Crippen molar-refractivity contribution in [1.82, 2.24) is 9.97 Å². The largest absolute Gasteiger partial charge is 0.241 e. The van der Waals surface area contributed by atoms with Crippen molar-refractivity contribution in [3.63, 3.8) is 0 Å². The molecule has 1 aliphatic carbocycles. The fourth-order valence-electron chi connectivity index (χ4n) is 2.61. The molecule has 0 amide bonds. The van der Waals surface area contributed by atoms with Crippen molar-refractivity contribution in [3.05, 3.63) is 23.3 Å². The van der Waals surface area contributed by atoms with Gasteiger partial charge in [0.15, 0.2) is 0 Å². The Balaban J connectivity index is 2.48. The first-order valence-corrected chi connectivity index (χ1v) is 5.95. The van der Waals surface area contributed by atoms with Gasteiger partial charge in [-0.25, -0.2) is 9.97 Å². The predicted octanol–water partition coefficient (Wildman–Crippen LogP) is 3.29.